The Labute approximate surface area is 177 Å². The van der Waals surface area contributed by atoms with E-state index in [-0.39, 0.29) is 5.91 Å². The number of carbonyl (C=O) groups is 2. The largest absolute Gasteiger partial charge is 0.368 e. The van der Waals surface area contributed by atoms with Gasteiger partial charge in [-0.15, -0.1) is 0 Å². The Balaban J connectivity index is 1.53. The van der Waals surface area contributed by atoms with Crippen molar-refractivity contribution in [3.8, 4) is 0 Å². The molecule has 2 amide bonds. The molecule has 2 N–H and O–H groups in total. The molecular weight excluding hydrogens is 364 g/mol. The number of rotatable bonds is 7. The topological polar surface area (TPSA) is 69.9 Å². The summed E-state index contributed by atoms with van der Waals surface area (Å²) >= 11 is 0. The minimum absolute atomic E-state index is 0.133. The van der Waals surface area contributed by atoms with Gasteiger partial charge in [0, 0.05) is 38.6 Å². The second kappa shape index (κ2) is 10.3. The normalized spacial score (nSPS) is 27.2. The van der Waals surface area contributed by atoms with E-state index in [4.69, 9.17) is 5.73 Å². The van der Waals surface area contributed by atoms with Crippen LogP contribution in [0.15, 0.2) is 0 Å². The van der Waals surface area contributed by atoms with Crippen LogP contribution in [0.5, 0.6) is 0 Å². The van der Waals surface area contributed by atoms with Crippen LogP contribution in [0.2, 0.25) is 0 Å². The van der Waals surface area contributed by atoms with Crippen LogP contribution >= 0.6 is 0 Å². The highest BCUT2D eigenvalue weighted by atomic mass is 16.2. The fourth-order valence-electron chi connectivity index (χ4n) is 5.61. The summed E-state index contributed by atoms with van der Waals surface area (Å²) in [4.78, 5) is 32.0. The fourth-order valence-corrected chi connectivity index (χ4v) is 5.61. The zero-order chi connectivity index (χ0) is 20.9. The highest BCUT2D eigenvalue weighted by molar-refractivity contribution is 5.85. The van der Waals surface area contributed by atoms with E-state index in [9.17, 15) is 9.59 Å². The molecule has 3 saturated heterocycles. The number of carbonyl (C=O) groups excluding carboxylic acids is 2. The number of hydrogen-bond donors (Lipinski definition) is 1. The number of primary amides is 1. The lowest BCUT2D eigenvalue weighted by molar-refractivity contribution is -0.135. The molecule has 1 atom stereocenters. The molecule has 0 aliphatic carbocycles. The van der Waals surface area contributed by atoms with Gasteiger partial charge in [0.05, 0.1) is 0 Å². The molecular formula is C23H42N4O2. The van der Waals surface area contributed by atoms with Gasteiger partial charge in [0.2, 0.25) is 11.8 Å². The first-order chi connectivity index (χ1) is 13.9. The predicted octanol–water partition coefficient (Wildman–Crippen LogP) is 2.61. The van der Waals surface area contributed by atoms with Gasteiger partial charge in [-0.25, -0.2) is 0 Å². The third-order valence-corrected chi connectivity index (χ3v) is 7.55. The zero-order valence-electron chi connectivity index (χ0n) is 18.7. The Morgan fingerprint density at radius 3 is 2.38 bits per heavy atom. The predicted molar refractivity (Wildman–Crippen MR) is 116 cm³/mol. The van der Waals surface area contributed by atoms with Crippen LogP contribution < -0.4 is 5.73 Å². The molecule has 0 saturated carbocycles. The van der Waals surface area contributed by atoms with Crippen molar-refractivity contribution >= 4 is 11.8 Å². The van der Waals surface area contributed by atoms with Crippen LogP contribution in [0.4, 0.5) is 0 Å². The average Bonchev–Trinajstić information content (AvgIpc) is 2.90. The number of nitrogens with zero attached hydrogens (tertiary/aromatic N) is 3. The summed E-state index contributed by atoms with van der Waals surface area (Å²) in [6, 6.07) is 0.460. The van der Waals surface area contributed by atoms with Gasteiger partial charge in [0.15, 0.2) is 0 Å². The minimum atomic E-state index is -0.444. The molecule has 3 aliphatic heterocycles. The molecule has 3 aliphatic rings. The van der Waals surface area contributed by atoms with Gasteiger partial charge in [-0.05, 0) is 70.4 Å². The standard InChI is InChI=1S/C23H42N4O2/c1-19(2)7-6-13-26-16-10-20(8-9-21(26)28)25-17-11-23(12-18-25,22(24)29)27-14-4-3-5-15-27/h19-20H,3-18H2,1-2H3,(H2,24,29)/t20-/m1/s1. The summed E-state index contributed by atoms with van der Waals surface area (Å²) in [5.74, 6) is 0.892. The third kappa shape index (κ3) is 5.52. The summed E-state index contributed by atoms with van der Waals surface area (Å²) in [5.41, 5.74) is 5.49. The molecule has 0 unspecified atom stereocenters. The highest BCUT2D eigenvalue weighted by Gasteiger charge is 2.46. The first-order valence-electron chi connectivity index (χ1n) is 12.0. The van der Waals surface area contributed by atoms with Gasteiger partial charge in [0.25, 0.3) is 0 Å². The van der Waals surface area contributed by atoms with Gasteiger partial charge >= 0.3 is 0 Å². The molecule has 0 aromatic carbocycles. The van der Waals surface area contributed by atoms with E-state index in [1.165, 1.54) is 25.7 Å². The molecule has 0 aromatic rings. The Bertz CT molecular complexity index is 551. The Hall–Kier alpha value is -1.14. The van der Waals surface area contributed by atoms with E-state index < -0.39 is 5.54 Å². The summed E-state index contributed by atoms with van der Waals surface area (Å²) in [6.45, 7) is 10.1. The van der Waals surface area contributed by atoms with Crippen LogP contribution in [-0.4, -0.2) is 77.4 Å². The minimum Gasteiger partial charge on any atom is -0.368 e. The van der Waals surface area contributed by atoms with Crippen LogP contribution in [0.3, 0.4) is 0 Å². The molecule has 6 heteroatoms. The lowest BCUT2D eigenvalue weighted by Crippen LogP contribution is -2.64. The molecule has 3 fully saturated rings. The van der Waals surface area contributed by atoms with Crippen molar-refractivity contribution in [2.45, 2.75) is 89.6 Å². The van der Waals surface area contributed by atoms with Crippen molar-refractivity contribution in [2.75, 3.05) is 39.3 Å². The Morgan fingerprint density at radius 1 is 1.07 bits per heavy atom. The second-order valence-corrected chi connectivity index (χ2v) is 9.88. The molecule has 0 spiro atoms. The highest BCUT2D eigenvalue weighted by Crippen LogP contribution is 2.33. The molecule has 166 valence electrons. The number of likely N-dealkylation sites (tertiary alicyclic amines) is 3. The quantitative estimate of drug-likeness (QED) is 0.706. The summed E-state index contributed by atoms with van der Waals surface area (Å²) in [7, 11) is 0. The van der Waals surface area contributed by atoms with Crippen molar-refractivity contribution in [3.05, 3.63) is 0 Å². The third-order valence-electron chi connectivity index (χ3n) is 7.55. The maximum atomic E-state index is 12.6. The van der Waals surface area contributed by atoms with Crippen molar-refractivity contribution in [2.24, 2.45) is 11.7 Å². The first kappa shape index (κ1) is 22.5. The van der Waals surface area contributed by atoms with Crippen molar-refractivity contribution in [1.29, 1.82) is 0 Å². The van der Waals surface area contributed by atoms with E-state index in [0.717, 1.165) is 71.4 Å². The summed E-state index contributed by atoms with van der Waals surface area (Å²) in [5, 5.41) is 0. The molecule has 6 nitrogen and oxygen atoms in total. The van der Waals surface area contributed by atoms with E-state index in [2.05, 4.69) is 28.5 Å². The van der Waals surface area contributed by atoms with Crippen molar-refractivity contribution < 1.29 is 9.59 Å². The molecule has 0 aromatic heterocycles. The lowest BCUT2D eigenvalue weighted by atomic mass is 9.82. The van der Waals surface area contributed by atoms with E-state index in [1.54, 1.807) is 0 Å². The van der Waals surface area contributed by atoms with Crippen LogP contribution in [0.25, 0.3) is 0 Å². The SMILES string of the molecule is CC(C)CCCN1CC[C@H](N2CCC(C(N)=O)(N3CCCCC3)CC2)CCC1=O. The van der Waals surface area contributed by atoms with Crippen LogP contribution in [0, 0.1) is 5.92 Å². The Kier molecular flexibility index (Phi) is 7.97. The number of hydrogen-bond acceptors (Lipinski definition) is 4. The molecule has 3 heterocycles. The van der Waals surface area contributed by atoms with Gasteiger partial charge < -0.3 is 15.5 Å². The fraction of sp³-hybridized carbons (Fsp3) is 0.913. The first-order valence-corrected chi connectivity index (χ1v) is 12.0. The molecule has 29 heavy (non-hydrogen) atoms. The molecule has 3 rings (SSSR count). The lowest BCUT2D eigenvalue weighted by Gasteiger charge is -2.49. The maximum absolute atomic E-state index is 12.6. The zero-order valence-corrected chi connectivity index (χ0v) is 18.7. The average molecular weight is 407 g/mol. The van der Waals surface area contributed by atoms with Gasteiger partial charge in [-0.2, -0.15) is 0 Å². The summed E-state index contributed by atoms with van der Waals surface area (Å²) in [6.07, 6.45) is 10.3. The van der Waals surface area contributed by atoms with E-state index in [1.807, 2.05) is 0 Å². The van der Waals surface area contributed by atoms with Gasteiger partial charge in [-0.3, -0.25) is 14.5 Å². The van der Waals surface area contributed by atoms with Crippen molar-refractivity contribution in [3.63, 3.8) is 0 Å². The smallest absolute Gasteiger partial charge is 0.238 e. The molecule has 0 bridgehead atoms. The van der Waals surface area contributed by atoms with Gasteiger partial charge in [-0.1, -0.05) is 20.3 Å². The van der Waals surface area contributed by atoms with Crippen molar-refractivity contribution in [1.82, 2.24) is 14.7 Å². The van der Waals surface area contributed by atoms with E-state index in [0.29, 0.717) is 24.3 Å². The van der Waals surface area contributed by atoms with Crippen LogP contribution in [0.1, 0.15) is 78.1 Å². The molecule has 0 radical (unpaired) electrons. The number of nitrogens with two attached hydrogens (primary N) is 1. The maximum Gasteiger partial charge on any atom is 0.238 e. The second-order valence-electron chi connectivity index (χ2n) is 9.88. The number of amides is 2. The Morgan fingerprint density at radius 2 is 1.76 bits per heavy atom. The number of piperidine rings is 2. The summed E-state index contributed by atoms with van der Waals surface area (Å²) < 4.78 is 0. The van der Waals surface area contributed by atoms with Crippen LogP contribution in [-0.2, 0) is 9.59 Å². The monoisotopic (exact) mass is 406 g/mol. The van der Waals surface area contributed by atoms with Gasteiger partial charge in [0.1, 0.15) is 5.54 Å². The van der Waals surface area contributed by atoms with E-state index >= 15 is 0 Å².